The van der Waals surface area contributed by atoms with Gasteiger partial charge < -0.3 is 5.32 Å². The average molecular weight is 333 g/mol. The van der Waals surface area contributed by atoms with Crippen LogP contribution in [0.3, 0.4) is 0 Å². The fraction of sp³-hybridized carbons (Fsp3) is 0. The molecular formula is C14H7BrClN3. The summed E-state index contributed by atoms with van der Waals surface area (Å²) in [7, 11) is 0. The molecule has 0 saturated heterocycles. The fourth-order valence-corrected chi connectivity index (χ4v) is 2.11. The normalized spacial score (nSPS) is 9.47. The third-order valence-corrected chi connectivity index (χ3v) is 3.20. The molecule has 0 saturated carbocycles. The Kier molecular flexibility index (Phi) is 4.06. The van der Waals surface area contributed by atoms with Crippen molar-refractivity contribution < 1.29 is 0 Å². The molecule has 0 aromatic heterocycles. The summed E-state index contributed by atoms with van der Waals surface area (Å²) < 4.78 is 0.842. The fourth-order valence-electron chi connectivity index (χ4n) is 1.58. The van der Waals surface area contributed by atoms with Gasteiger partial charge in [-0.2, -0.15) is 10.5 Å². The molecule has 0 radical (unpaired) electrons. The third kappa shape index (κ3) is 3.06. The van der Waals surface area contributed by atoms with E-state index in [1.165, 1.54) is 0 Å². The topological polar surface area (TPSA) is 59.6 Å². The second-order valence-corrected chi connectivity index (χ2v) is 5.08. The minimum Gasteiger partial charge on any atom is -0.353 e. The summed E-state index contributed by atoms with van der Waals surface area (Å²) in [6.45, 7) is 0. The largest absolute Gasteiger partial charge is 0.353 e. The van der Waals surface area contributed by atoms with Crippen LogP contribution in [-0.2, 0) is 0 Å². The molecule has 0 aliphatic carbocycles. The van der Waals surface area contributed by atoms with E-state index in [-0.39, 0.29) is 0 Å². The van der Waals surface area contributed by atoms with Crippen molar-refractivity contribution >= 4 is 38.9 Å². The van der Waals surface area contributed by atoms with E-state index in [1.54, 1.807) is 36.4 Å². The zero-order valence-electron chi connectivity index (χ0n) is 9.61. The van der Waals surface area contributed by atoms with Crippen molar-refractivity contribution in [3.8, 4) is 12.1 Å². The summed E-state index contributed by atoms with van der Waals surface area (Å²) in [6.07, 6.45) is 0. The van der Waals surface area contributed by atoms with Gasteiger partial charge >= 0.3 is 0 Å². The number of benzene rings is 2. The molecule has 5 heteroatoms. The van der Waals surface area contributed by atoms with Gasteiger partial charge in [-0.1, -0.05) is 27.5 Å². The number of hydrogen-bond donors (Lipinski definition) is 1. The molecule has 0 atom stereocenters. The summed E-state index contributed by atoms with van der Waals surface area (Å²) in [4.78, 5) is 0. The van der Waals surface area contributed by atoms with Crippen LogP contribution in [-0.4, -0.2) is 0 Å². The number of nitrogens with one attached hydrogen (secondary N) is 1. The smallest absolute Gasteiger partial charge is 0.101 e. The third-order valence-electron chi connectivity index (χ3n) is 2.47. The number of nitrogens with zero attached hydrogens (tertiary/aromatic N) is 2. The van der Waals surface area contributed by atoms with Gasteiger partial charge in [0.2, 0.25) is 0 Å². The first kappa shape index (κ1) is 13.4. The Hall–Kier alpha value is -2.01. The lowest BCUT2D eigenvalue weighted by molar-refractivity contribution is 1.43. The predicted octanol–water partition coefficient (Wildman–Crippen LogP) is 4.59. The van der Waals surface area contributed by atoms with Gasteiger partial charge in [-0.15, -0.1) is 0 Å². The summed E-state index contributed by atoms with van der Waals surface area (Å²) in [6, 6.07) is 14.4. The molecule has 0 amide bonds. The van der Waals surface area contributed by atoms with E-state index in [0.29, 0.717) is 27.5 Å². The van der Waals surface area contributed by atoms with Crippen molar-refractivity contribution in [2.45, 2.75) is 0 Å². The van der Waals surface area contributed by atoms with Gasteiger partial charge in [0.1, 0.15) is 12.1 Å². The van der Waals surface area contributed by atoms with Crippen LogP contribution in [0.25, 0.3) is 0 Å². The molecule has 2 aromatic carbocycles. The van der Waals surface area contributed by atoms with Crippen LogP contribution in [0, 0.1) is 22.7 Å². The van der Waals surface area contributed by atoms with Gasteiger partial charge in [-0.05, 0) is 36.4 Å². The van der Waals surface area contributed by atoms with Crippen LogP contribution in [0.15, 0.2) is 40.9 Å². The second-order valence-electron chi connectivity index (χ2n) is 3.73. The first-order valence-corrected chi connectivity index (χ1v) is 6.47. The Labute approximate surface area is 124 Å². The van der Waals surface area contributed by atoms with Gasteiger partial charge in [-0.3, -0.25) is 0 Å². The number of hydrogen-bond acceptors (Lipinski definition) is 3. The molecule has 0 aliphatic rings. The molecule has 2 aromatic rings. The molecule has 0 bridgehead atoms. The van der Waals surface area contributed by atoms with Crippen LogP contribution >= 0.6 is 27.5 Å². The van der Waals surface area contributed by atoms with E-state index >= 15 is 0 Å². The Morgan fingerprint density at radius 1 is 0.947 bits per heavy atom. The minimum atomic E-state index is 0.466. The maximum atomic E-state index is 9.07. The highest BCUT2D eigenvalue weighted by Crippen LogP contribution is 2.28. The van der Waals surface area contributed by atoms with Crippen molar-refractivity contribution in [3.05, 3.63) is 57.0 Å². The molecule has 0 aliphatic heterocycles. The van der Waals surface area contributed by atoms with Gasteiger partial charge in [0, 0.05) is 9.50 Å². The van der Waals surface area contributed by atoms with Crippen LogP contribution in [0.2, 0.25) is 5.02 Å². The molecule has 0 heterocycles. The van der Waals surface area contributed by atoms with Gasteiger partial charge in [0.25, 0.3) is 0 Å². The lowest BCUT2D eigenvalue weighted by atomic mass is 10.1. The standard InChI is InChI=1S/C14H7BrClN3/c15-11-3-1-9(7-17)13(5-11)19-14-6-12(16)4-2-10(14)8-18/h1-6,19H. The number of halogens is 2. The van der Waals surface area contributed by atoms with E-state index in [4.69, 9.17) is 22.1 Å². The molecule has 1 N–H and O–H groups in total. The quantitative estimate of drug-likeness (QED) is 0.875. The zero-order valence-corrected chi connectivity index (χ0v) is 12.0. The van der Waals surface area contributed by atoms with Crippen molar-refractivity contribution in [2.24, 2.45) is 0 Å². The lowest BCUT2D eigenvalue weighted by Crippen LogP contribution is -1.96. The molecule has 3 nitrogen and oxygen atoms in total. The highest BCUT2D eigenvalue weighted by molar-refractivity contribution is 9.10. The van der Waals surface area contributed by atoms with Crippen molar-refractivity contribution in [1.29, 1.82) is 10.5 Å². The Balaban J connectivity index is 2.48. The van der Waals surface area contributed by atoms with Crippen LogP contribution in [0.5, 0.6) is 0 Å². The summed E-state index contributed by atoms with van der Waals surface area (Å²) in [5, 5.41) is 21.7. The van der Waals surface area contributed by atoms with E-state index in [2.05, 4.69) is 33.4 Å². The molecule has 2 rings (SSSR count). The summed E-state index contributed by atoms with van der Waals surface area (Å²) in [5.74, 6) is 0. The highest BCUT2D eigenvalue weighted by atomic mass is 79.9. The van der Waals surface area contributed by atoms with E-state index < -0.39 is 0 Å². The number of rotatable bonds is 2. The van der Waals surface area contributed by atoms with Crippen molar-refractivity contribution in [1.82, 2.24) is 0 Å². The summed E-state index contributed by atoms with van der Waals surface area (Å²) >= 11 is 9.27. The Morgan fingerprint density at radius 2 is 1.53 bits per heavy atom. The number of anilines is 2. The molecule has 0 unspecified atom stereocenters. The molecular weight excluding hydrogens is 326 g/mol. The monoisotopic (exact) mass is 331 g/mol. The Morgan fingerprint density at radius 3 is 2.16 bits per heavy atom. The Bertz CT molecular complexity index is 652. The van der Waals surface area contributed by atoms with Crippen LogP contribution in [0.1, 0.15) is 11.1 Å². The maximum Gasteiger partial charge on any atom is 0.101 e. The predicted molar refractivity (Wildman–Crippen MR) is 78.3 cm³/mol. The van der Waals surface area contributed by atoms with E-state index in [9.17, 15) is 0 Å². The summed E-state index contributed by atoms with van der Waals surface area (Å²) in [5.41, 5.74) is 2.15. The first-order valence-electron chi connectivity index (χ1n) is 5.30. The first-order chi connectivity index (χ1) is 9.13. The maximum absolute atomic E-state index is 9.07. The van der Waals surface area contributed by atoms with E-state index in [1.807, 2.05) is 0 Å². The van der Waals surface area contributed by atoms with E-state index in [0.717, 1.165) is 4.47 Å². The molecule has 0 fully saturated rings. The van der Waals surface area contributed by atoms with Gasteiger partial charge in [0.05, 0.1) is 22.5 Å². The van der Waals surface area contributed by atoms with Gasteiger partial charge in [0.15, 0.2) is 0 Å². The molecule has 92 valence electrons. The second kappa shape index (κ2) is 5.75. The average Bonchev–Trinajstić information content (AvgIpc) is 2.39. The number of nitriles is 2. The minimum absolute atomic E-state index is 0.466. The van der Waals surface area contributed by atoms with Crippen molar-refractivity contribution in [3.63, 3.8) is 0 Å². The molecule has 19 heavy (non-hydrogen) atoms. The highest BCUT2D eigenvalue weighted by Gasteiger charge is 2.07. The van der Waals surface area contributed by atoms with Crippen LogP contribution < -0.4 is 5.32 Å². The van der Waals surface area contributed by atoms with Crippen molar-refractivity contribution in [2.75, 3.05) is 5.32 Å². The molecule has 0 spiro atoms. The zero-order chi connectivity index (χ0) is 13.8. The van der Waals surface area contributed by atoms with Crippen LogP contribution in [0.4, 0.5) is 11.4 Å². The lowest BCUT2D eigenvalue weighted by Gasteiger charge is -2.10. The SMILES string of the molecule is N#Cc1ccc(Cl)cc1Nc1cc(Br)ccc1C#N. The van der Waals surface area contributed by atoms with Gasteiger partial charge in [-0.25, -0.2) is 0 Å².